The van der Waals surface area contributed by atoms with E-state index in [9.17, 15) is 27.2 Å². The Morgan fingerprint density at radius 3 is 2.37 bits per heavy atom. The minimum atomic E-state index is -5.12. The molecule has 0 saturated carbocycles. The van der Waals surface area contributed by atoms with Crippen LogP contribution in [0.2, 0.25) is 5.02 Å². The van der Waals surface area contributed by atoms with E-state index in [1.54, 1.807) is 0 Å². The molecule has 0 radical (unpaired) electrons. The normalized spacial score (nSPS) is 11.2. The molecule has 1 amide bonds. The minimum absolute atomic E-state index is 0.473. The predicted molar refractivity (Wildman–Crippen MR) is 56.3 cm³/mol. The molecule has 0 fully saturated rings. The zero-order valence-electron chi connectivity index (χ0n) is 9.02. The molecule has 0 bridgehead atoms. The third-order valence-corrected chi connectivity index (χ3v) is 2.53. The number of aromatic carboxylic acids is 1. The smallest absolute Gasteiger partial charge is 0.471 e. The Bertz CT molecular complexity index is 530. The highest BCUT2D eigenvalue weighted by molar-refractivity contribution is 6.34. The molecular weight excluding hydrogens is 294 g/mol. The highest BCUT2D eigenvalue weighted by Crippen LogP contribution is 2.24. The molecule has 0 spiro atoms. The summed E-state index contributed by atoms with van der Waals surface area (Å²) in [5.74, 6) is -4.76. The summed E-state index contributed by atoms with van der Waals surface area (Å²) in [5.41, 5.74) is -1.00. The molecule has 1 rings (SSSR count). The molecule has 2 N–H and O–H groups in total. The largest absolute Gasteiger partial charge is 0.478 e. The lowest BCUT2D eigenvalue weighted by Gasteiger charge is -2.11. The summed E-state index contributed by atoms with van der Waals surface area (Å²) in [4.78, 5) is 21.3. The maximum Gasteiger partial charge on any atom is 0.471 e. The van der Waals surface area contributed by atoms with Gasteiger partial charge in [0.05, 0.1) is 10.6 Å². The van der Waals surface area contributed by atoms with Crippen molar-refractivity contribution in [1.82, 2.24) is 5.32 Å². The number of hydrogen-bond donors (Lipinski definition) is 2. The van der Waals surface area contributed by atoms with Crippen LogP contribution in [0.5, 0.6) is 0 Å². The molecule has 0 aliphatic rings. The average molecular weight is 300 g/mol. The third-order valence-electron chi connectivity index (χ3n) is 2.10. The van der Waals surface area contributed by atoms with Crippen molar-refractivity contribution in [2.45, 2.75) is 12.7 Å². The van der Waals surface area contributed by atoms with Crippen LogP contribution in [0.3, 0.4) is 0 Å². The third kappa shape index (κ3) is 3.57. The Labute approximate surface area is 109 Å². The number of alkyl halides is 3. The second kappa shape index (κ2) is 5.43. The molecule has 0 aliphatic heterocycles. The highest BCUT2D eigenvalue weighted by Gasteiger charge is 2.38. The Hall–Kier alpha value is -1.83. The van der Waals surface area contributed by atoms with Gasteiger partial charge in [0.15, 0.2) is 0 Å². The lowest BCUT2D eigenvalue weighted by molar-refractivity contribution is -0.173. The van der Waals surface area contributed by atoms with Gasteiger partial charge in [-0.15, -0.1) is 0 Å². The Morgan fingerprint density at radius 2 is 1.89 bits per heavy atom. The van der Waals surface area contributed by atoms with E-state index in [1.165, 1.54) is 5.32 Å². The van der Waals surface area contributed by atoms with Crippen LogP contribution in [0.15, 0.2) is 12.1 Å². The van der Waals surface area contributed by atoms with Crippen LogP contribution < -0.4 is 5.32 Å². The second-order valence-electron chi connectivity index (χ2n) is 3.37. The Balaban J connectivity index is 2.99. The molecule has 1 aromatic rings. The number of rotatable bonds is 3. The lowest BCUT2D eigenvalue weighted by atomic mass is 10.1. The molecule has 0 atom stereocenters. The zero-order valence-corrected chi connectivity index (χ0v) is 9.77. The first-order valence-corrected chi connectivity index (χ1v) is 5.07. The molecule has 0 aromatic heterocycles. The number of carboxylic acids is 1. The van der Waals surface area contributed by atoms with Gasteiger partial charge in [-0.05, 0) is 12.1 Å². The first-order chi connectivity index (χ1) is 8.64. The van der Waals surface area contributed by atoms with E-state index < -0.39 is 46.6 Å². The van der Waals surface area contributed by atoms with E-state index in [1.807, 2.05) is 0 Å². The van der Waals surface area contributed by atoms with Crippen molar-refractivity contribution in [1.29, 1.82) is 0 Å². The van der Waals surface area contributed by atoms with Crippen molar-refractivity contribution in [2.75, 3.05) is 0 Å². The average Bonchev–Trinajstić information content (AvgIpc) is 2.26. The second-order valence-corrected chi connectivity index (χ2v) is 3.75. The fraction of sp³-hybridized carbons (Fsp3) is 0.200. The maximum atomic E-state index is 13.3. The number of nitrogens with one attached hydrogen (secondary N) is 1. The van der Waals surface area contributed by atoms with Crippen LogP contribution in [0.1, 0.15) is 15.9 Å². The molecule has 104 valence electrons. The van der Waals surface area contributed by atoms with Gasteiger partial charge in [0, 0.05) is 12.1 Å². The van der Waals surface area contributed by atoms with Crippen LogP contribution in [-0.2, 0) is 11.3 Å². The van der Waals surface area contributed by atoms with Crippen LogP contribution >= 0.6 is 11.6 Å². The highest BCUT2D eigenvalue weighted by atomic mass is 35.5. The van der Waals surface area contributed by atoms with E-state index in [0.717, 1.165) is 12.1 Å². The van der Waals surface area contributed by atoms with E-state index in [-0.39, 0.29) is 0 Å². The van der Waals surface area contributed by atoms with Gasteiger partial charge in [0.2, 0.25) is 0 Å². The number of halogens is 5. The molecule has 0 saturated heterocycles. The Kier molecular flexibility index (Phi) is 4.35. The standard InChI is InChI=1S/C10H6ClF4NO3/c11-7-4(8(17)18)1-2-6(12)5(7)3-16-9(19)10(13,14)15/h1-2H,3H2,(H,16,19)(H,17,18). The van der Waals surface area contributed by atoms with Crippen LogP contribution in [-0.4, -0.2) is 23.2 Å². The fourth-order valence-electron chi connectivity index (χ4n) is 1.19. The van der Waals surface area contributed by atoms with Crippen molar-refractivity contribution < 1.29 is 32.3 Å². The van der Waals surface area contributed by atoms with Gasteiger partial charge >= 0.3 is 18.1 Å². The topological polar surface area (TPSA) is 66.4 Å². The van der Waals surface area contributed by atoms with E-state index in [2.05, 4.69) is 0 Å². The van der Waals surface area contributed by atoms with Crippen molar-refractivity contribution in [3.63, 3.8) is 0 Å². The number of benzene rings is 1. The van der Waals surface area contributed by atoms with E-state index in [0.29, 0.717) is 0 Å². The van der Waals surface area contributed by atoms with Crippen molar-refractivity contribution in [3.8, 4) is 0 Å². The SMILES string of the molecule is O=C(O)c1ccc(F)c(CNC(=O)C(F)(F)F)c1Cl. The summed E-state index contributed by atoms with van der Waals surface area (Å²) in [7, 11) is 0. The van der Waals surface area contributed by atoms with Crippen molar-refractivity contribution in [2.24, 2.45) is 0 Å². The molecule has 0 unspecified atom stereocenters. The van der Waals surface area contributed by atoms with Gasteiger partial charge < -0.3 is 10.4 Å². The monoisotopic (exact) mass is 299 g/mol. The molecule has 9 heteroatoms. The van der Waals surface area contributed by atoms with Gasteiger partial charge in [0.1, 0.15) is 5.82 Å². The summed E-state index contributed by atoms with van der Waals surface area (Å²) in [5, 5.41) is 9.56. The van der Waals surface area contributed by atoms with Crippen LogP contribution in [0, 0.1) is 5.82 Å². The lowest BCUT2D eigenvalue weighted by Crippen LogP contribution is -2.36. The number of carbonyl (C=O) groups excluding carboxylic acids is 1. The molecule has 19 heavy (non-hydrogen) atoms. The minimum Gasteiger partial charge on any atom is -0.478 e. The predicted octanol–water partition coefficient (Wildman–Crippen LogP) is 2.36. The van der Waals surface area contributed by atoms with Crippen LogP contribution in [0.4, 0.5) is 17.6 Å². The maximum absolute atomic E-state index is 13.3. The molecular formula is C10H6ClF4NO3. The van der Waals surface area contributed by atoms with Gasteiger partial charge in [0.25, 0.3) is 0 Å². The number of carboxylic acid groups (broad SMARTS) is 1. The summed E-state index contributed by atoms with van der Waals surface area (Å²) in [6.07, 6.45) is -5.12. The summed E-state index contributed by atoms with van der Waals surface area (Å²) >= 11 is 5.55. The summed E-state index contributed by atoms with van der Waals surface area (Å²) < 4.78 is 49.1. The first-order valence-electron chi connectivity index (χ1n) is 4.69. The quantitative estimate of drug-likeness (QED) is 0.842. The van der Waals surface area contributed by atoms with Gasteiger partial charge in [-0.3, -0.25) is 4.79 Å². The van der Waals surface area contributed by atoms with Gasteiger partial charge in [-0.2, -0.15) is 13.2 Å². The molecule has 0 aliphatic carbocycles. The van der Waals surface area contributed by atoms with E-state index in [4.69, 9.17) is 16.7 Å². The van der Waals surface area contributed by atoms with Crippen LogP contribution in [0.25, 0.3) is 0 Å². The van der Waals surface area contributed by atoms with Crippen molar-refractivity contribution >= 4 is 23.5 Å². The van der Waals surface area contributed by atoms with Gasteiger partial charge in [-0.25, -0.2) is 9.18 Å². The molecule has 4 nitrogen and oxygen atoms in total. The first kappa shape index (κ1) is 15.2. The zero-order chi connectivity index (χ0) is 14.8. The number of amides is 1. The van der Waals surface area contributed by atoms with Gasteiger partial charge in [-0.1, -0.05) is 11.6 Å². The van der Waals surface area contributed by atoms with E-state index >= 15 is 0 Å². The molecule has 0 heterocycles. The number of carbonyl (C=O) groups is 2. The summed E-state index contributed by atoms with van der Waals surface area (Å²) in [6, 6.07) is 1.61. The Morgan fingerprint density at radius 1 is 1.32 bits per heavy atom. The fourth-order valence-corrected chi connectivity index (χ4v) is 1.49. The number of hydrogen-bond acceptors (Lipinski definition) is 2. The molecule has 1 aromatic carbocycles. The summed E-state index contributed by atoms with van der Waals surface area (Å²) in [6.45, 7) is -0.871. The van der Waals surface area contributed by atoms with Crippen molar-refractivity contribution in [3.05, 3.63) is 34.1 Å².